The Kier molecular flexibility index (Phi) is 2.39. The zero-order valence-corrected chi connectivity index (χ0v) is 6.31. The summed E-state index contributed by atoms with van der Waals surface area (Å²) in [5.41, 5.74) is 11.0. The van der Waals surface area contributed by atoms with Gasteiger partial charge in [0.25, 0.3) is 0 Å². The first-order valence-corrected chi connectivity index (χ1v) is 3.31. The van der Waals surface area contributed by atoms with E-state index in [4.69, 9.17) is 11.5 Å². The van der Waals surface area contributed by atoms with Crippen molar-refractivity contribution < 1.29 is 0 Å². The van der Waals surface area contributed by atoms with Crippen LogP contribution in [0.3, 0.4) is 0 Å². The van der Waals surface area contributed by atoms with E-state index in [-0.39, 0.29) is 11.7 Å². The lowest BCUT2D eigenvalue weighted by molar-refractivity contribution is 0.700. The van der Waals surface area contributed by atoms with Crippen LogP contribution in [0.4, 0.5) is 0 Å². The van der Waals surface area contributed by atoms with Gasteiger partial charge in [-0.05, 0) is 6.92 Å². The molecule has 0 aliphatic rings. The van der Waals surface area contributed by atoms with Gasteiger partial charge in [0.1, 0.15) is 0 Å². The van der Waals surface area contributed by atoms with E-state index in [0.717, 1.165) is 10.2 Å². The third kappa shape index (κ3) is 2.38. The van der Waals surface area contributed by atoms with Gasteiger partial charge in [-0.25, -0.2) is 0 Å². The Labute approximate surface area is 41.3 Å². The molecular formula is C3H12N2Si. The molecule has 2 atom stereocenters. The Morgan fingerprint density at radius 1 is 1.50 bits per heavy atom. The number of rotatable bonds is 1. The van der Waals surface area contributed by atoms with E-state index >= 15 is 0 Å². The fourth-order valence-electron chi connectivity index (χ4n) is 0. The van der Waals surface area contributed by atoms with Gasteiger partial charge in [-0.2, -0.15) is 0 Å². The van der Waals surface area contributed by atoms with Crippen LogP contribution in [0.1, 0.15) is 6.92 Å². The molecule has 0 radical (unpaired) electrons. The van der Waals surface area contributed by atoms with Crippen LogP contribution in [0.5, 0.6) is 0 Å². The van der Waals surface area contributed by atoms with Crippen LogP contribution in [0.15, 0.2) is 0 Å². The average Bonchev–Trinajstić information content (AvgIpc) is 1.36. The van der Waals surface area contributed by atoms with Crippen molar-refractivity contribution in [3.8, 4) is 0 Å². The van der Waals surface area contributed by atoms with Crippen LogP contribution in [0.25, 0.3) is 0 Å². The van der Waals surface area contributed by atoms with E-state index in [1.54, 1.807) is 0 Å². The lowest BCUT2D eigenvalue weighted by Crippen LogP contribution is -2.38. The summed E-state index contributed by atoms with van der Waals surface area (Å²) in [4.78, 5) is 0. The van der Waals surface area contributed by atoms with E-state index in [1.807, 2.05) is 6.92 Å². The molecule has 0 saturated heterocycles. The Bertz CT molecular complexity index is 29.8. The van der Waals surface area contributed by atoms with Gasteiger partial charge in [0.2, 0.25) is 0 Å². The van der Waals surface area contributed by atoms with Gasteiger partial charge in [-0.1, -0.05) is 0 Å². The summed E-state index contributed by atoms with van der Waals surface area (Å²) in [5.74, 6) is 0. The van der Waals surface area contributed by atoms with Crippen molar-refractivity contribution in [1.82, 2.24) is 0 Å². The van der Waals surface area contributed by atoms with Gasteiger partial charge < -0.3 is 11.5 Å². The largest absolute Gasteiger partial charge is 0.330 e. The molecule has 2 nitrogen and oxygen atoms in total. The molecule has 0 aliphatic heterocycles. The summed E-state index contributed by atoms with van der Waals surface area (Å²) in [6.45, 7) is 1.93. The summed E-state index contributed by atoms with van der Waals surface area (Å²) >= 11 is 0. The summed E-state index contributed by atoms with van der Waals surface area (Å²) in [6, 6.07) is 0.191. The number of nitrogens with two attached hydrogens (primary N) is 2. The van der Waals surface area contributed by atoms with Gasteiger partial charge in [0.05, 0.1) is 0 Å². The quantitative estimate of drug-likeness (QED) is 0.377. The minimum absolute atomic E-state index is 0.191. The van der Waals surface area contributed by atoms with Crippen LogP contribution in [-0.2, 0) is 0 Å². The molecule has 0 aromatic carbocycles. The lowest BCUT2D eigenvalue weighted by atomic mass is 10.4. The molecule has 0 amide bonds. The van der Waals surface area contributed by atoms with E-state index in [9.17, 15) is 0 Å². The molecule has 38 valence electrons. The Morgan fingerprint density at radius 3 is 1.67 bits per heavy atom. The molecule has 6 heavy (non-hydrogen) atoms. The Morgan fingerprint density at radius 2 is 1.67 bits per heavy atom. The Balaban J connectivity index is 2.99. The minimum Gasteiger partial charge on any atom is -0.330 e. The molecule has 0 fully saturated rings. The second-order valence-electron chi connectivity index (χ2n) is 1.72. The smallest absolute Gasteiger partial charge is 0.0258 e. The van der Waals surface area contributed by atoms with E-state index in [0.29, 0.717) is 0 Å². The second-order valence-corrected chi connectivity index (χ2v) is 3.05. The van der Waals surface area contributed by atoms with E-state index in [2.05, 4.69) is 0 Å². The zero-order chi connectivity index (χ0) is 5.15. The van der Waals surface area contributed by atoms with Crippen molar-refractivity contribution in [3.05, 3.63) is 0 Å². The maximum atomic E-state index is 5.37. The predicted octanol–water partition coefficient (Wildman–Crippen LogP) is -2.02. The molecule has 2 unspecified atom stereocenters. The highest BCUT2D eigenvalue weighted by Crippen LogP contribution is 1.72. The van der Waals surface area contributed by atoms with Crippen LogP contribution < -0.4 is 11.5 Å². The molecule has 0 saturated carbocycles. The SMILES string of the molecule is CC(N)C(N)[SiH3]. The summed E-state index contributed by atoms with van der Waals surface area (Å²) in [5, 5.41) is 0. The molecule has 0 heterocycles. The van der Waals surface area contributed by atoms with Crippen molar-refractivity contribution in [2.24, 2.45) is 11.5 Å². The van der Waals surface area contributed by atoms with Crippen LogP contribution in [-0.4, -0.2) is 21.9 Å². The summed E-state index contributed by atoms with van der Waals surface area (Å²) < 4.78 is 0. The molecular weight excluding hydrogens is 92.1 g/mol. The number of hydrogen-bond donors (Lipinski definition) is 2. The molecule has 4 N–H and O–H groups in total. The van der Waals surface area contributed by atoms with E-state index < -0.39 is 0 Å². The van der Waals surface area contributed by atoms with Crippen molar-refractivity contribution in [3.63, 3.8) is 0 Å². The number of hydrogen-bond acceptors (Lipinski definition) is 2. The second kappa shape index (κ2) is 2.33. The molecule has 0 aliphatic carbocycles. The average molecular weight is 104 g/mol. The fraction of sp³-hybridized carbons (Fsp3) is 1.00. The van der Waals surface area contributed by atoms with Gasteiger partial charge in [0, 0.05) is 21.9 Å². The lowest BCUT2D eigenvalue weighted by Gasteiger charge is -2.06. The standard InChI is InChI=1S/C3H12N2Si/c1-2(4)3(5)6/h2-3H,4-5H2,1,6H3. The highest BCUT2D eigenvalue weighted by atomic mass is 28.1. The summed E-state index contributed by atoms with van der Waals surface area (Å²) in [7, 11) is 1.01. The van der Waals surface area contributed by atoms with Crippen LogP contribution in [0, 0.1) is 0 Å². The van der Waals surface area contributed by atoms with Crippen LogP contribution in [0.2, 0.25) is 0 Å². The maximum Gasteiger partial charge on any atom is 0.0258 e. The third-order valence-corrected chi connectivity index (χ3v) is 1.88. The topological polar surface area (TPSA) is 52.0 Å². The highest BCUT2D eigenvalue weighted by molar-refractivity contribution is 6.12. The van der Waals surface area contributed by atoms with Gasteiger partial charge in [-0.3, -0.25) is 0 Å². The van der Waals surface area contributed by atoms with Gasteiger partial charge >= 0.3 is 0 Å². The van der Waals surface area contributed by atoms with E-state index in [1.165, 1.54) is 0 Å². The first-order chi connectivity index (χ1) is 2.64. The molecule has 0 aromatic heterocycles. The first kappa shape index (κ1) is 6.14. The van der Waals surface area contributed by atoms with Crippen molar-refractivity contribution in [1.29, 1.82) is 0 Å². The molecule has 0 rings (SSSR count). The molecule has 0 bridgehead atoms. The molecule has 0 aromatic rings. The first-order valence-electron chi connectivity index (χ1n) is 2.15. The van der Waals surface area contributed by atoms with Crippen molar-refractivity contribution in [2.75, 3.05) is 0 Å². The maximum absolute atomic E-state index is 5.37. The molecule has 0 spiro atoms. The summed E-state index contributed by atoms with van der Waals surface area (Å²) in [6.07, 6.45) is 0. The third-order valence-electron chi connectivity index (χ3n) is 0.829. The van der Waals surface area contributed by atoms with Crippen molar-refractivity contribution in [2.45, 2.75) is 18.6 Å². The highest BCUT2D eigenvalue weighted by Gasteiger charge is 1.96. The van der Waals surface area contributed by atoms with Gasteiger partial charge in [-0.15, -0.1) is 0 Å². The fourth-order valence-corrected chi connectivity index (χ4v) is 0. The predicted molar refractivity (Wildman–Crippen MR) is 31.6 cm³/mol. The Hall–Kier alpha value is 0.137. The molecule has 3 heteroatoms. The normalized spacial score (nSPS) is 20.5. The van der Waals surface area contributed by atoms with Crippen molar-refractivity contribution >= 4 is 10.2 Å². The van der Waals surface area contributed by atoms with Gasteiger partial charge in [0.15, 0.2) is 0 Å². The monoisotopic (exact) mass is 104 g/mol. The zero-order valence-electron chi connectivity index (χ0n) is 4.31. The minimum atomic E-state index is 0.191. The van der Waals surface area contributed by atoms with Crippen LogP contribution >= 0.6 is 0 Å².